The molecule has 0 amide bonds. The maximum Gasteiger partial charge on any atom is 0.340 e. The predicted octanol–water partition coefficient (Wildman–Crippen LogP) is 3.09. The van der Waals surface area contributed by atoms with Crippen LogP contribution in [0.25, 0.3) is 0 Å². The van der Waals surface area contributed by atoms with E-state index in [1.807, 2.05) is 0 Å². The number of carbonyl (C=O) groups excluding carboxylic acids is 1. The van der Waals surface area contributed by atoms with Gasteiger partial charge in [0.25, 0.3) is 0 Å². The van der Waals surface area contributed by atoms with Crippen molar-refractivity contribution in [2.75, 3.05) is 20.9 Å². The van der Waals surface area contributed by atoms with Crippen molar-refractivity contribution in [3.05, 3.63) is 59.2 Å². The van der Waals surface area contributed by atoms with Gasteiger partial charge in [0.05, 0.1) is 19.8 Å². The zero-order valence-electron chi connectivity index (χ0n) is 12.3. The topological polar surface area (TPSA) is 44.8 Å². The fraction of sp³-hybridized carbons (Fsp3) is 0.235. The largest absolute Gasteiger partial charge is 0.497 e. The van der Waals surface area contributed by atoms with Crippen molar-refractivity contribution in [3.63, 3.8) is 0 Å². The molecule has 4 nitrogen and oxygen atoms in total. The number of esters is 1. The molecule has 0 radical (unpaired) electrons. The van der Waals surface area contributed by atoms with E-state index in [1.165, 1.54) is 7.11 Å². The van der Waals surface area contributed by atoms with E-state index in [0.717, 1.165) is 0 Å². The van der Waals surface area contributed by atoms with Crippen LogP contribution < -0.4 is 9.47 Å². The molecule has 0 aliphatic carbocycles. The van der Waals surface area contributed by atoms with Crippen LogP contribution in [0, 0.1) is 0 Å². The number of carbonyl (C=O) groups is 1. The Labute approximate surface area is 127 Å². The van der Waals surface area contributed by atoms with Crippen molar-refractivity contribution in [2.45, 2.75) is 5.60 Å². The Morgan fingerprint density at radius 3 is 2.27 bits per heavy atom. The molecule has 0 saturated carbocycles. The normalized spacial score (nSPS) is 19.5. The van der Waals surface area contributed by atoms with E-state index in [4.69, 9.17) is 14.2 Å². The first-order chi connectivity index (χ1) is 10.6. The Morgan fingerprint density at radius 1 is 1.05 bits per heavy atom. The minimum Gasteiger partial charge on any atom is -0.497 e. The highest BCUT2D eigenvalue weighted by atomic mass is 19.1. The van der Waals surface area contributed by atoms with Crippen molar-refractivity contribution in [1.29, 1.82) is 0 Å². The van der Waals surface area contributed by atoms with Crippen molar-refractivity contribution in [2.24, 2.45) is 0 Å². The highest BCUT2D eigenvalue weighted by Gasteiger charge is 2.47. The fourth-order valence-corrected chi connectivity index (χ4v) is 2.69. The Morgan fingerprint density at radius 2 is 1.68 bits per heavy atom. The Balaban J connectivity index is 2.14. The molecule has 0 fully saturated rings. The number of benzene rings is 2. The molecule has 5 heteroatoms. The van der Waals surface area contributed by atoms with Gasteiger partial charge in [-0.15, -0.1) is 0 Å². The number of ether oxygens (including phenoxy) is 3. The lowest BCUT2D eigenvalue weighted by atomic mass is 9.86. The zero-order valence-corrected chi connectivity index (χ0v) is 12.3. The Kier molecular flexibility index (Phi) is 3.48. The third-order valence-corrected chi connectivity index (χ3v) is 3.89. The summed E-state index contributed by atoms with van der Waals surface area (Å²) in [6, 6.07) is 11.7. The van der Waals surface area contributed by atoms with Gasteiger partial charge in [0.15, 0.2) is 5.60 Å². The second kappa shape index (κ2) is 5.33. The zero-order chi connectivity index (χ0) is 15.7. The quantitative estimate of drug-likeness (QED) is 0.814. The van der Waals surface area contributed by atoms with Crippen LogP contribution in [-0.4, -0.2) is 26.9 Å². The van der Waals surface area contributed by atoms with E-state index in [-0.39, 0.29) is 0 Å². The van der Waals surface area contributed by atoms with E-state index >= 15 is 0 Å². The van der Waals surface area contributed by atoms with Crippen LogP contribution in [-0.2, 0) is 10.3 Å². The smallest absolute Gasteiger partial charge is 0.340 e. The van der Waals surface area contributed by atoms with Crippen LogP contribution in [0.2, 0.25) is 0 Å². The molecular weight excluding hydrogens is 287 g/mol. The Bertz CT molecular complexity index is 711. The number of hydrogen-bond acceptors (Lipinski definition) is 4. The standard InChI is InChI=1S/C17H15FO4/c1-20-12-5-3-11(4-6-12)17(10-18)15-8-7-13(21-2)9-14(15)16(19)22-17/h3-9H,10H2,1-2H3. The van der Waals surface area contributed by atoms with Crippen molar-refractivity contribution < 1.29 is 23.4 Å². The summed E-state index contributed by atoms with van der Waals surface area (Å²) in [4.78, 5) is 12.1. The lowest BCUT2D eigenvalue weighted by molar-refractivity contribution is 0.000379. The third-order valence-electron chi connectivity index (χ3n) is 3.89. The summed E-state index contributed by atoms with van der Waals surface area (Å²) in [6.45, 7) is -0.843. The Hall–Kier alpha value is -2.56. The maximum absolute atomic E-state index is 13.9. The molecule has 1 unspecified atom stereocenters. The van der Waals surface area contributed by atoms with Gasteiger partial charge in [-0.1, -0.05) is 18.2 Å². The summed E-state index contributed by atoms with van der Waals surface area (Å²) in [6.07, 6.45) is 0. The lowest BCUT2D eigenvalue weighted by Crippen LogP contribution is -2.30. The highest BCUT2D eigenvalue weighted by Crippen LogP contribution is 2.43. The summed E-state index contributed by atoms with van der Waals surface area (Å²) in [5.41, 5.74) is -0.0165. The van der Waals surface area contributed by atoms with Crippen molar-refractivity contribution in [1.82, 2.24) is 0 Å². The first kappa shape index (κ1) is 14.4. The molecule has 0 spiro atoms. The second-order valence-corrected chi connectivity index (χ2v) is 4.99. The van der Waals surface area contributed by atoms with Gasteiger partial charge in [0.2, 0.25) is 0 Å². The van der Waals surface area contributed by atoms with E-state index < -0.39 is 18.2 Å². The molecule has 1 aliphatic rings. The molecule has 0 bridgehead atoms. The third kappa shape index (κ3) is 2.01. The summed E-state index contributed by atoms with van der Waals surface area (Å²) in [5.74, 6) is 0.625. The summed E-state index contributed by atoms with van der Waals surface area (Å²) >= 11 is 0. The molecule has 2 aromatic rings. The monoisotopic (exact) mass is 302 g/mol. The molecule has 0 saturated heterocycles. The minimum atomic E-state index is -1.41. The van der Waals surface area contributed by atoms with Crippen LogP contribution in [0.15, 0.2) is 42.5 Å². The first-order valence-electron chi connectivity index (χ1n) is 6.77. The SMILES string of the molecule is COc1ccc(C2(CF)OC(=O)c3cc(OC)ccc32)cc1. The number of halogens is 1. The predicted molar refractivity (Wildman–Crippen MR) is 78.2 cm³/mol. The molecule has 0 N–H and O–H groups in total. The van der Waals surface area contributed by atoms with Crippen LogP contribution >= 0.6 is 0 Å². The summed E-state index contributed by atoms with van der Waals surface area (Å²) < 4.78 is 29.5. The number of alkyl halides is 1. The number of methoxy groups -OCH3 is 2. The first-order valence-corrected chi connectivity index (χ1v) is 6.77. The van der Waals surface area contributed by atoms with E-state index in [0.29, 0.717) is 28.2 Å². The average Bonchev–Trinajstić information content (AvgIpc) is 2.87. The van der Waals surface area contributed by atoms with Crippen LogP contribution in [0.1, 0.15) is 21.5 Å². The van der Waals surface area contributed by atoms with Gasteiger partial charge in [-0.3, -0.25) is 0 Å². The van der Waals surface area contributed by atoms with Gasteiger partial charge >= 0.3 is 5.97 Å². The van der Waals surface area contributed by atoms with Gasteiger partial charge in [-0.25, -0.2) is 9.18 Å². The molecule has 0 aromatic heterocycles. The van der Waals surface area contributed by atoms with Crippen molar-refractivity contribution in [3.8, 4) is 11.5 Å². The highest BCUT2D eigenvalue weighted by molar-refractivity contribution is 5.96. The van der Waals surface area contributed by atoms with Crippen molar-refractivity contribution >= 4 is 5.97 Å². The average molecular weight is 302 g/mol. The van der Waals surface area contributed by atoms with Crippen LogP contribution in [0.3, 0.4) is 0 Å². The van der Waals surface area contributed by atoms with E-state index in [1.54, 1.807) is 49.6 Å². The van der Waals surface area contributed by atoms with Gasteiger partial charge in [-0.2, -0.15) is 0 Å². The number of cyclic esters (lactones) is 1. The maximum atomic E-state index is 13.9. The van der Waals surface area contributed by atoms with Gasteiger partial charge in [0, 0.05) is 11.1 Å². The molecule has 2 aromatic carbocycles. The van der Waals surface area contributed by atoms with Crippen LogP contribution in [0.5, 0.6) is 11.5 Å². The molecule has 22 heavy (non-hydrogen) atoms. The fourth-order valence-electron chi connectivity index (χ4n) is 2.69. The number of rotatable bonds is 4. The molecule has 3 rings (SSSR count). The lowest BCUT2D eigenvalue weighted by Gasteiger charge is -2.26. The van der Waals surface area contributed by atoms with Gasteiger partial charge < -0.3 is 14.2 Å². The van der Waals surface area contributed by atoms with Crippen LogP contribution in [0.4, 0.5) is 4.39 Å². The molecular formula is C17H15FO4. The van der Waals surface area contributed by atoms with E-state index in [2.05, 4.69) is 0 Å². The van der Waals surface area contributed by atoms with Gasteiger partial charge in [-0.05, 0) is 24.3 Å². The summed E-state index contributed by atoms with van der Waals surface area (Å²) in [7, 11) is 3.06. The number of fused-ring (bicyclic) bond motifs is 1. The number of hydrogen-bond donors (Lipinski definition) is 0. The van der Waals surface area contributed by atoms with E-state index in [9.17, 15) is 9.18 Å². The summed E-state index contributed by atoms with van der Waals surface area (Å²) in [5, 5.41) is 0. The molecule has 1 aliphatic heterocycles. The molecule has 1 heterocycles. The minimum absolute atomic E-state index is 0.327. The second-order valence-electron chi connectivity index (χ2n) is 4.99. The molecule has 114 valence electrons. The molecule has 1 atom stereocenters. The van der Waals surface area contributed by atoms with Gasteiger partial charge in [0.1, 0.15) is 18.2 Å².